The summed E-state index contributed by atoms with van der Waals surface area (Å²) in [6.45, 7) is 2.82. The number of hydrogen-bond acceptors (Lipinski definition) is 5. The number of nitrogens with zero attached hydrogens (tertiary/aromatic N) is 1. The molecule has 32 heavy (non-hydrogen) atoms. The van der Waals surface area contributed by atoms with E-state index in [4.69, 9.17) is 9.47 Å². The first-order valence-electron chi connectivity index (χ1n) is 10.1. The predicted octanol–water partition coefficient (Wildman–Crippen LogP) is 3.77. The van der Waals surface area contributed by atoms with E-state index >= 15 is 0 Å². The van der Waals surface area contributed by atoms with Gasteiger partial charge in [-0.2, -0.15) is 13.2 Å². The highest BCUT2D eigenvalue weighted by Crippen LogP contribution is 2.34. The lowest BCUT2D eigenvalue weighted by molar-refractivity contribution is -0.137. The third-order valence-corrected chi connectivity index (χ3v) is 4.72. The number of hydrogen-bond donors (Lipinski definition) is 2. The summed E-state index contributed by atoms with van der Waals surface area (Å²) in [5, 5.41) is 5.01. The Morgan fingerprint density at radius 2 is 1.62 bits per heavy atom. The fourth-order valence-corrected chi connectivity index (χ4v) is 3.16. The fourth-order valence-electron chi connectivity index (χ4n) is 3.16. The van der Waals surface area contributed by atoms with Crippen LogP contribution < -0.4 is 20.1 Å². The number of halogens is 3. The van der Waals surface area contributed by atoms with Gasteiger partial charge in [-0.25, -0.2) is 0 Å². The Morgan fingerprint density at radius 1 is 0.969 bits per heavy atom. The molecule has 1 heterocycles. The van der Waals surface area contributed by atoms with Gasteiger partial charge in [0.05, 0.1) is 37.6 Å². The molecule has 1 aliphatic heterocycles. The van der Waals surface area contributed by atoms with Crippen molar-refractivity contribution < 1.29 is 32.2 Å². The maximum atomic E-state index is 13.1. The number of amides is 2. The van der Waals surface area contributed by atoms with Crippen LogP contribution in [-0.4, -0.2) is 49.6 Å². The molecule has 0 atom stereocenters. The molecule has 2 aromatic carbocycles. The van der Waals surface area contributed by atoms with Gasteiger partial charge < -0.3 is 20.1 Å². The topological polar surface area (TPSA) is 79.9 Å². The Hall–Kier alpha value is -3.27. The number of rotatable bonds is 7. The van der Waals surface area contributed by atoms with E-state index < -0.39 is 17.6 Å². The molecule has 2 N–H and O–H groups in total. The maximum absolute atomic E-state index is 13.1. The van der Waals surface area contributed by atoms with Gasteiger partial charge in [0.15, 0.2) is 11.5 Å². The molecule has 7 nitrogen and oxygen atoms in total. The summed E-state index contributed by atoms with van der Waals surface area (Å²) in [6, 6.07) is 9.80. The molecular weight excluding hydrogens is 427 g/mol. The molecule has 2 amide bonds. The molecule has 2 aromatic rings. The van der Waals surface area contributed by atoms with Gasteiger partial charge in [-0.3, -0.25) is 14.5 Å². The quantitative estimate of drug-likeness (QED) is 0.670. The van der Waals surface area contributed by atoms with Crippen molar-refractivity contribution >= 4 is 23.2 Å². The SMILES string of the molecule is CCN(CC(=O)Nc1ccc2c(c1)OCCCO2)CC(=O)Nc1ccccc1C(F)(F)F. The van der Waals surface area contributed by atoms with Gasteiger partial charge >= 0.3 is 6.18 Å². The summed E-state index contributed by atoms with van der Waals surface area (Å²) in [5.74, 6) is 0.124. The van der Waals surface area contributed by atoms with E-state index in [0.717, 1.165) is 12.5 Å². The number of likely N-dealkylation sites (N-methyl/N-ethyl adjacent to an activating group) is 1. The zero-order valence-electron chi connectivity index (χ0n) is 17.5. The van der Waals surface area contributed by atoms with Crippen LogP contribution in [0, 0.1) is 0 Å². The zero-order valence-corrected chi connectivity index (χ0v) is 17.5. The second-order valence-electron chi connectivity index (χ2n) is 7.15. The summed E-state index contributed by atoms with van der Waals surface area (Å²) in [6.07, 6.45) is -3.83. The molecule has 0 bridgehead atoms. The van der Waals surface area contributed by atoms with Crippen molar-refractivity contribution in [2.75, 3.05) is 43.5 Å². The normalized spacial score (nSPS) is 13.4. The molecule has 1 aliphatic rings. The number of carbonyl (C=O) groups is 2. The number of para-hydroxylation sites is 1. The summed E-state index contributed by atoms with van der Waals surface area (Å²) in [4.78, 5) is 26.3. The van der Waals surface area contributed by atoms with Gasteiger partial charge in [-0.1, -0.05) is 19.1 Å². The van der Waals surface area contributed by atoms with Crippen LogP contribution in [0.25, 0.3) is 0 Å². The van der Waals surface area contributed by atoms with Crippen molar-refractivity contribution in [3.8, 4) is 11.5 Å². The van der Waals surface area contributed by atoms with Crippen LogP contribution >= 0.6 is 0 Å². The monoisotopic (exact) mass is 451 g/mol. The number of nitrogens with one attached hydrogen (secondary N) is 2. The Kier molecular flexibility index (Phi) is 7.57. The van der Waals surface area contributed by atoms with E-state index in [2.05, 4.69) is 10.6 Å². The molecule has 10 heteroatoms. The van der Waals surface area contributed by atoms with Crippen LogP contribution in [0.2, 0.25) is 0 Å². The van der Waals surface area contributed by atoms with E-state index in [1.807, 2.05) is 0 Å². The van der Waals surface area contributed by atoms with Crippen molar-refractivity contribution in [2.24, 2.45) is 0 Å². The first-order chi connectivity index (χ1) is 15.3. The number of carbonyl (C=O) groups excluding carboxylic acids is 2. The minimum absolute atomic E-state index is 0.112. The van der Waals surface area contributed by atoms with Gasteiger partial charge in [-0.05, 0) is 30.8 Å². The zero-order chi connectivity index (χ0) is 23.1. The minimum atomic E-state index is -4.59. The van der Waals surface area contributed by atoms with E-state index in [1.165, 1.54) is 23.1 Å². The third-order valence-electron chi connectivity index (χ3n) is 4.72. The molecule has 0 saturated heterocycles. The lowest BCUT2D eigenvalue weighted by Gasteiger charge is -2.20. The molecule has 0 radical (unpaired) electrons. The van der Waals surface area contributed by atoms with Crippen molar-refractivity contribution in [3.63, 3.8) is 0 Å². The molecule has 0 aromatic heterocycles. The molecule has 0 spiro atoms. The van der Waals surface area contributed by atoms with Crippen LogP contribution in [0.15, 0.2) is 42.5 Å². The lowest BCUT2D eigenvalue weighted by atomic mass is 10.1. The highest BCUT2D eigenvalue weighted by atomic mass is 19.4. The van der Waals surface area contributed by atoms with Gasteiger partial charge in [0.1, 0.15) is 0 Å². The van der Waals surface area contributed by atoms with Crippen LogP contribution in [-0.2, 0) is 15.8 Å². The molecule has 0 saturated carbocycles. The van der Waals surface area contributed by atoms with Gasteiger partial charge in [0, 0.05) is 18.2 Å². The number of benzene rings is 2. The summed E-state index contributed by atoms with van der Waals surface area (Å²) < 4.78 is 50.5. The Morgan fingerprint density at radius 3 is 2.31 bits per heavy atom. The average molecular weight is 451 g/mol. The summed E-state index contributed by atoms with van der Waals surface area (Å²) in [7, 11) is 0. The van der Waals surface area contributed by atoms with E-state index in [-0.39, 0.29) is 24.7 Å². The Bertz CT molecular complexity index is 966. The second-order valence-corrected chi connectivity index (χ2v) is 7.15. The highest BCUT2D eigenvalue weighted by Gasteiger charge is 2.33. The fraction of sp³-hybridized carbons (Fsp3) is 0.364. The van der Waals surface area contributed by atoms with Crippen LogP contribution in [0.1, 0.15) is 18.9 Å². The first-order valence-corrected chi connectivity index (χ1v) is 10.1. The van der Waals surface area contributed by atoms with E-state index in [9.17, 15) is 22.8 Å². The average Bonchev–Trinajstić information content (AvgIpc) is 2.97. The smallest absolute Gasteiger partial charge is 0.418 e. The Labute approximate surface area is 183 Å². The van der Waals surface area contributed by atoms with Crippen LogP contribution in [0.5, 0.6) is 11.5 Å². The summed E-state index contributed by atoms with van der Waals surface area (Å²) in [5.41, 5.74) is -0.736. The van der Waals surface area contributed by atoms with Crippen molar-refractivity contribution in [2.45, 2.75) is 19.5 Å². The molecule has 172 valence electrons. The largest absolute Gasteiger partial charge is 0.490 e. The van der Waals surface area contributed by atoms with Crippen molar-refractivity contribution in [3.05, 3.63) is 48.0 Å². The lowest BCUT2D eigenvalue weighted by Crippen LogP contribution is -2.38. The standard InChI is InChI=1S/C22H24F3N3O4/c1-2-28(14-21(30)27-17-7-4-3-6-16(17)22(23,24)25)13-20(29)26-15-8-9-18-19(12-15)32-11-5-10-31-18/h3-4,6-9,12H,2,5,10-11,13-14H2,1H3,(H,26,29)(H,27,30). The molecule has 0 unspecified atom stereocenters. The number of ether oxygens (including phenoxy) is 2. The molecule has 0 aliphatic carbocycles. The third kappa shape index (κ3) is 6.36. The summed E-state index contributed by atoms with van der Waals surface area (Å²) >= 11 is 0. The van der Waals surface area contributed by atoms with Crippen molar-refractivity contribution in [1.82, 2.24) is 4.90 Å². The van der Waals surface area contributed by atoms with Crippen molar-refractivity contribution in [1.29, 1.82) is 0 Å². The minimum Gasteiger partial charge on any atom is -0.490 e. The van der Waals surface area contributed by atoms with E-state index in [0.29, 0.717) is 36.9 Å². The molecule has 3 rings (SSSR count). The van der Waals surface area contributed by atoms with Crippen LogP contribution in [0.3, 0.4) is 0 Å². The van der Waals surface area contributed by atoms with E-state index in [1.54, 1.807) is 25.1 Å². The number of anilines is 2. The number of alkyl halides is 3. The van der Waals surface area contributed by atoms with Gasteiger partial charge in [-0.15, -0.1) is 0 Å². The highest BCUT2D eigenvalue weighted by molar-refractivity contribution is 5.95. The van der Waals surface area contributed by atoms with Crippen LogP contribution in [0.4, 0.5) is 24.5 Å². The van der Waals surface area contributed by atoms with Gasteiger partial charge in [0.25, 0.3) is 0 Å². The molecular formula is C22H24F3N3O4. The number of fused-ring (bicyclic) bond motifs is 1. The predicted molar refractivity (Wildman–Crippen MR) is 113 cm³/mol. The Balaban J connectivity index is 1.57. The second kappa shape index (κ2) is 10.4. The van der Waals surface area contributed by atoms with Gasteiger partial charge in [0.2, 0.25) is 11.8 Å². The maximum Gasteiger partial charge on any atom is 0.418 e. The molecule has 0 fully saturated rings. The first kappa shape index (κ1) is 23.4.